The third-order valence-electron chi connectivity index (χ3n) is 3.55. The minimum atomic E-state index is -3.99. The molecule has 0 aliphatic rings. The van der Waals surface area contributed by atoms with Gasteiger partial charge in [0, 0.05) is 5.56 Å². The highest BCUT2D eigenvalue weighted by Crippen LogP contribution is 2.35. The molecule has 2 heterocycles. The summed E-state index contributed by atoms with van der Waals surface area (Å²) in [7, 11) is -3.99. The zero-order chi connectivity index (χ0) is 17.6. The van der Waals surface area contributed by atoms with Crippen LogP contribution in [0.15, 0.2) is 38.4 Å². The van der Waals surface area contributed by atoms with Crippen molar-refractivity contribution < 1.29 is 12.9 Å². The molecule has 0 aliphatic carbocycles. The first-order valence-electron chi connectivity index (χ1n) is 6.92. The van der Waals surface area contributed by atoms with Crippen molar-refractivity contribution in [2.24, 2.45) is 0 Å². The van der Waals surface area contributed by atoms with Crippen LogP contribution >= 0.6 is 27.5 Å². The molecular weight excluding hydrogens is 418 g/mol. The van der Waals surface area contributed by atoms with Gasteiger partial charge < -0.3 is 4.52 Å². The van der Waals surface area contributed by atoms with E-state index in [-0.39, 0.29) is 31.9 Å². The van der Waals surface area contributed by atoms with Crippen molar-refractivity contribution >= 4 is 37.6 Å². The average molecular weight is 431 g/mol. The zero-order valence-corrected chi connectivity index (χ0v) is 16.2. The van der Waals surface area contributed by atoms with Gasteiger partial charge in [-0.15, -0.1) is 0 Å². The van der Waals surface area contributed by atoms with Gasteiger partial charge in [0.1, 0.15) is 11.4 Å². The molecule has 0 unspecified atom stereocenters. The van der Waals surface area contributed by atoms with Crippen molar-refractivity contribution in [1.29, 1.82) is 0 Å². The van der Waals surface area contributed by atoms with Gasteiger partial charge in [-0.05, 0) is 36.7 Å². The van der Waals surface area contributed by atoms with Crippen LogP contribution in [-0.2, 0) is 10.0 Å². The largest absolute Gasteiger partial charge is 0.360 e. The first-order valence-corrected chi connectivity index (χ1v) is 9.54. The molecule has 6 nitrogen and oxygen atoms in total. The van der Waals surface area contributed by atoms with E-state index in [4.69, 9.17) is 16.1 Å². The third kappa shape index (κ3) is 2.68. The average Bonchev–Trinajstić information content (AvgIpc) is 2.99. The maximum atomic E-state index is 13.2. The topological polar surface area (TPSA) is 78.0 Å². The molecule has 0 fully saturated rings. The second-order valence-electron chi connectivity index (χ2n) is 5.31. The van der Waals surface area contributed by atoms with Gasteiger partial charge in [-0.2, -0.15) is 0 Å². The lowest BCUT2D eigenvalue weighted by Gasteiger charge is -2.11. The molecule has 0 saturated carbocycles. The van der Waals surface area contributed by atoms with Crippen LogP contribution in [0, 0.1) is 20.8 Å². The van der Waals surface area contributed by atoms with Gasteiger partial charge >= 0.3 is 0 Å². The van der Waals surface area contributed by atoms with Crippen LogP contribution in [0.25, 0.3) is 11.3 Å². The maximum Gasteiger partial charge on any atom is 0.275 e. The Morgan fingerprint density at radius 3 is 2.33 bits per heavy atom. The summed E-state index contributed by atoms with van der Waals surface area (Å²) in [6.45, 7) is 5.06. The Morgan fingerprint density at radius 2 is 1.79 bits per heavy atom. The van der Waals surface area contributed by atoms with Crippen LogP contribution in [0.5, 0.6) is 0 Å². The van der Waals surface area contributed by atoms with Gasteiger partial charge in [0.05, 0.1) is 0 Å². The molecule has 0 saturated heterocycles. The summed E-state index contributed by atoms with van der Waals surface area (Å²) in [5.41, 5.74) is 2.25. The standard InChI is InChI=1S/C15H13BrClN3O3S/c1-8-4-6-11(7-5-8)12-14(17)18-15(16)20(12)24(21,22)13-9(2)19-23-10(13)3/h4-7H,1-3H3. The predicted molar refractivity (Wildman–Crippen MR) is 93.7 cm³/mol. The Kier molecular flexibility index (Phi) is 4.31. The Balaban J connectivity index is 2.32. The highest BCUT2D eigenvalue weighted by Gasteiger charge is 2.32. The monoisotopic (exact) mass is 429 g/mol. The zero-order valence-electron chi connectivity index (χ0n) is 13.0. The van der Waals surface area contributed by atoms with Gasteiger partial charge in [-0.25, -0.2) is 17.4 Å². The summed E-state index contributed by atoms with van der Waals surface area (Å²) in [6, 6.07) is 7.34. The number of imidazole rings is 1. The van der Waals surface area contributed by atoms with Crippen molar-refractivity contribution in [1.82, 2.24) is 14.1 Å². The molecule has 24 heavy (non-hydrogen) atoms. The number of hydrogen-bond acceptors (Lipinski definition) is 5. The molecule has 0 atom stereocenters. The molecule has 0 bridgehead atoms. The van der Waals surface area contributed by atoms with E-state index in [1.807, 2.05) is 19.1 Å². The predicted octanol–water partition coefficient (Wildman–Crippen LogP) is 4.12. The SMILES string of the molecule is Cc1ccc(-c2c(Cl)nc(Br)n2S(=O)(=O)c2c(C)noc2C)cc1. The molecule has 0 radical (unpaired) electrons. The Bertz CT molecular complexity index is 1000. The molecule has 0 spiro atoms. The maximum absolute atomic E-state index is 13.2. The Labute approximate surface area is 152 Å². The van der Waals surface area contributed by atoms with Crippen LogP contribution in [0.3, 0.4) is 0 Å². The van der Waals surface area contributed by atoms with E-state index in [2.05, 4.69) is 26.1 Å². The van der Waals surface area contributed by atoms with Crippen LogP contribution in [0.1, 0.15) is 17.0 Å². The number of aryl methyl sites for hydroxylation is 3. The van der Waals surface area contributed by atoms with Crippen molar-refractivity contribution in [3.63, 3.8) is 0 Å². The van der Waals surface area contributed by atoms with Gasteiger partial charge in [0.25, 0.3) is 10.0 Å². The molecule has 0 aliphatic heterocycles. The minimum Gasteiger partial charge on any atom is -0.360 e. The van der Waals surface area contributed by atoms with E-state index >= 15 is 0 Å². The molecule has 3 rings (SSSR count). The fourth-order valence-corrected chi connectivity index (χ4v) is 5.47. The number of benzene rings is 1. The highest BCUT2D eigenvalue weighted by atomic mass is 79.9. The molecule has 0 N–H and O–H groups in total. The van der Waals surface area contributed by atoms with Crippen LogP contribution < -0.4 is 0 Å². The molecule has 9 heteroatoms. The number of nitrogens with zero attached hydrogens (tertiary/aromatic N) is 3. The Morgan fingerprint density at radius 1 is 1.17 bits per heavy atom. The summed E-state index contributed by atoms with van der Waals surface area (Å²) in [5, 5.41) is 3.81. The first kappa shape index (κ1) is 17.2. The van der Waals surface area contributed by atoms with E-state index < -0.39 is 10.0 Å². The summed E-state index contributed by atoms with van der Waals surface area (Å²) < 4.78 is 32.5. The first-order chi connectivity index (χ1) is 11.2. The highest BCUT2D eigenvalue weighted by molar-refractivity contribution is 9.10. The van der Waals surface area contributed by atoms with E-state index in [1.165, 1.54) is 0 Å². The molecule has 3 aromatic rings. The van der Waals surface area contributed by atoms with E-state index in [9.17, 15) is 8.42 Å². The van der Waals surface area contributed by atoms with Crippen molar-refractivity contribution in [2.45, 2.75) is 25.7 Å². The van der Waals surface area contributed by atoms with Crippen LogP contribution in [-0.4, -0.2) is 22.5 Å². The van der Waals surface area contributed by atoms with Gasteiger partial charge in [0.15, 0.2) is 20.5 Å². The fourth-order valence-electron chi connectivity index (χ4n) is 2.46. The lowest BCUT2D eigenvalue weighted by atomic mass is 10.1. The van der Waals surface area contributed by atoms with Crippen molar-refractivity contribution in [2.75, 3.05) is 0 Å². The fraction of sp³-hybridized carbons (Fsp3) is 0.200. The Hall–Kier alpha value is -1.64. The molecule has 0 amide bonds. The number of halogens is 2. The van der Waals surface area contributed by atoms with Crippen molar-refractivity contribution in [3.05, 3.63) is 51.2 Å². The molecular formula is C15H13BrClN3O3S. The summed E-state index contributed by atoms with van der Waals surface area (Å²) >= 11 is 9.39. The summed E-state index contributed by atoms with van der Waals surface area (Å²) in [5.74, 6) is 0.207. The van der Waals surface area contributed by atoms with E-state index in [0.717, 1.165) is 9.54 Å². The summed E-state index contributed by atoms with van der Waals surface area (Å²) in [6.07, 6.45) is 0. The van der Waals surface area contributed by atoms with Crippen LogP contribution in [0.4, 0.5) is 0 Å². The quantitative estimate of drug-likeness (QED) is 0.624. The van der Waals surface area contributed by atoms with Crippen LogP contribution in [0.2, 0.25) is 5.15 Å². The van der Waals surface area contributed by atoms with Crippen molar-refractivity contribution in [3.8, 4) is 11.3 Å². The van der Waals surface area contributed by atoms with Gasteiger partial charge in [-0.1, -0.05) is 46.6 Å². The lowest BCUT2D eigenvalue weighted by molar-refractivity contribution is 0.390. The summed E-state index contributed by atoms with van der Waals surface area (Å²) in [4.78, 5) is 4.07. The normalized spacial score (nSPS) is 11.9. The molecule has 126 valence electrons. The second kappa shape index (κ2) is 6.02. The van der Waals surface area contributed by atoms with Gasteiger partial charge in [-0.3, -0.25) is 0 Å². The number of aromatic nitrogens is 3. The second-order valence-corrected chi connectivity index (χ2v) is 8.10. The smallest absolute Gasteiger partial charge is 0.275 e. The lowest BCUT2D eigenvalue weighted by Crippen LogP contribution is -2.16. The molecule has 2 aromatic heterocycles. The van der Waals surface area contributed by atoms with Gasteiger partial charge in [0.2, 0.25) is 0 Å². The number of hydrogen-bond donors (Lipinski definition) is 0. The van der Waals surface area contributed by atoms with E-state index in [1.54, 1.807) is 26.0 Å². The third-order valence-corrected chi connectivity index (χ3v) is 6.51. The number of rotatable bonds is 3. The molecule has 1 aromatic carbocycles. The minimum absolute atomic E-state index is 0.00521. The van der Waals surface area contributed by atoms with E-state index in [0.29, 0.717) is 5.56 Å².